The van der Waals surface area contributed by atoms with Gasteiger partial charge < -0.3 is 9.73 Å². The van der Waals surface area contributed by atoms with Crippen LogP contribution in [0.25, 0.3) is 0 Å². The van der Waals surface area contributed by atoms with Gasteiger partial charge in [0.15, 0.2) is 0 Å². The van der Waals surface area contributed by atoms with Crippen LogP contribution in [0.3, 0.4) is 0 Å². The van der Waals surface area contributed by atoms with Crippen molar-refractivity contribution < 1.29 is 4.42 Å². The lowest BCUT2D eigenvalue weighted by atomic mass is 10.1. The van der Waals surface area contributed by atoms with Gasteiger partial charge in [-0.05, 0) is 38.8 Å². The Kier molecular flexibility index (Phi) is 3.76. The number of aryl methyl sites for hydroxylation is 1. The zero-order valence-electron chi connectivity index (χ0n) is 9.79. The van der Waals surface area contributed by atoms with Crippen molar-refractivity contribution in [2.24, 2.45) is 5.92 Å². The highest BCUT2D eigenvalue weighted by atomic mass is 16.3. The van der Waals surface area contributed by atoms with E-state index in [9.17, 15) is 0 Å². The van der Waals surface area contributed by atoms with Crippen LogP contribution in [-0.2, 0) is 0 Å². The van der Waals surface area contributed by atoms with E-state index in [2.05, 4.69) is 33.0 Å². The molecule has 0 aliphatic rings. The van der Waals surface area contributed by atoms with E-state index >= 15 is 0 Å². The van der Waals surface area contributed by atoms with Gasteiger partial charge >= 0.3 is 0 Å². The van der Waals surface area contributed by atoms with Crippen LogP contribution in [0.1, 0.15) is 45.3 Å². The summed E-state index contributed by atoms with van der Waals surface area (Å²) in [6, 6.07) is 4.85. The molecule has 0 aliphatic heterocycles. The minimum atomic E-state index is 0.293. The lowest BCUT2D eigenvalue weighted by molar-refractivity contribution is 0.347. The zero-order chi connectivity index (χ0) is 10.7. The number of hydrogen-bond donors (Lipinski definition) is 1. The summed E-state index contributed by atoms with van der Waals surface area (Å²) in [6.07, 6.45) is 0. The summed E-state index contributed by atoms with van der Waals surface area (Å²) in [5, 5.41) is 3.52. The van der Waals surface area contributed by atoms with Gasteiger partial charge in [0.25, 0.3) is 0 Å². The molecule has 0 unspecified atom stereocenters. The van der Waals surface area contributed by atoms with Crippen molar-refractivity contribution in [1.82, 2.24) is 5.32 Å². The van der Waals surface area contributed by atoms with E-state index in [4.69, 9.17) is 4.42 Å². The smallest absolute Gasteiger partial charge is 0.120 e. The fraction of sp³-hybridized carbons (Fsp3) is 0.667. The van der Waals surface area contributed by atoms with E-state index in [1.165, 1.54) is 0 Å². The normalized spacial score (nSPS) is 15.9. The van der Waals surface area contributed by atoms with Gasteiger partial charge in [0.2, 0.25) is 0 Å². The molecule has 0 saturated heterocycles. The topological polar surface area (TPSA) is 25.2 Å². The van der Waals surface area contributed by atoms with Crippen molar-refractivity contribution in [2.45, 2.75) is 46.7 Å². The molecule has 1 rings (SSSR count). The molecule has 2 nitrogen and oxygen atoms in total. The van der Waals surface area contributed by atoms with Gasteiger partial charge in [-0.2, -0.15) is 0 Å². The minimum Gasteiger partial charge on any atom is -0.465 e. The average molecular weight is 195 g/mol. The molecule has 2 heteroatoms. The standard InChI is InChI=1S/C12H21NO/c1-8(2)10(4)13-11(5)12-7-6-9(3)14-12/h6-8,10-11,13H,1-5H3/t10-,11+/m1/s1. The van der Waals surface area contributed by atoms with Crippen molar-refractivity contribution in [2.75, 3.05) is 0 Å². The van der Waals surface area contributed by atoms with Crippen molar-refractivity contribution >= 4 is 0 Å². The van der Waals surface area contributed by atoms with Crippen LogP contribution in [0.2, 0.25) is 0 Å². The summed E-state index contributed by atoms with van der Waals surface area (Å²) in [5.74, 6) is 2.65. The first-order valence-corrected chi connectivity index (χ1v) is 5.33. The van der Waals surface area contributed by atoms with Crippen molar-refractivity contribution in [3.63, 3.8) is 0 Å². The Bertz CT molecular complexity index is 278. The van der Waals surface area contributed by atoms with Crippen LogP contribution >= 0.6 is 0 Å². The van der Waals surface area contributed by atoms with Gasteiger partial charge in [-0.15, -0.1) is 0 Å². The van der Waals surface area contributed by atoms with Crippen LogP contribution in [0, 0.1) is 12.8 Å². The maximum absolute atomic E-state index is 5.56. The third-order valence-electron chi connectivity index (χ3n) is 2.70. The summed E-state index contributed by atoms with van der Waals surface area (Å²) >= 11 is 0. The molecule has 0 fully saturated rings. The summed E-state index contributed by atoms with van der Waals surface area (Å²) in [5.41, 5.74) is 0. The molecule has 1 heterocycles. The molecule has 0 aliphatic carbocycles. The predicted octanol–water partition coefficient (Wildman–Crippen LogP) is 3.28. The third kappa shape index (κ3) is 2.88. The van der Waals surface area contributed by atoms with Crippen LogP contribution < -0.4 is 5.32 Å². The molecule has 80 valence electrons. The summed E-state index contributed by atoms with van der Waals surface area (Å²) in [7, 11) is 0. The largest absolute Gasteiger partial charge is 0.465 e. The number of nitrogens with one attached hydrogen (secondary N) is 1. The SMILES string of the molecule is Cc1ccc([C@H](C)N[C@H](C)C(C)C)o1. The second-order valence-corrected chi connectivity index (χ2v) is 4.37. The fourth-order valence-electron chi connectivity index (χ4n) is 1.36. The highest BCUT2D eigenvalue weighted by molar-refractivity contribution is 5.09. The summed E-state index contributed by atoms with van der Waals surface area (Å²) in [6.45, 7) is 10.8. The molecular formula is C12H21NO. The number of hydrogen-bond acceptors (Lipinski definition) is 2. The van der Waals surface area contributed by atoms with Gasteiger partial charge in [-0.3, -0.25) is 0 Å². The van der Waals surface area contributed by atoms with Crippen molar-refractivity contribution in [3.05, 3.63) is 23.7 Å². The molecule has 0 amide bonds. The second kappa shape index (κ2) is 4.65. The van der Waals surface area contributed by atoms with E-state index in [-0.39, 0.29) is 0 Å². The monoisotopic (exact) mass is 195 g/mol. The van der Waals surface area contributed by atoms with E-state index in [1.54, 1.807) is 0 Å². The first-order valence-electron chi connectivity index (χ1n) is 5.33. The predicted molar refractivity (Wildman–Crippen MR) is 59.3 cm³/mol. The number of rotatable bonds is 4. The van der Waals surface area contributed by atoms with Crippen LogP contribution in [-0.4, -0.2) is 6.04 Å². The fourth-order valence-corrected chi connectivity index (χ4v) is 1.36. The van der Waals surface area contributed by atoms with Crippen molar-refractivity contribution in [3.8, 4) is 0 Å². The Labute approximate surface area is 86.7 Å². The Hall–Kier alpha value is -0.760. The van der Waals surface area contributed by atoms with Gasteiger partial charge in [0.05, 0.1) is 6.04 Å². The maximum atomic E-state index is 5.56. The Morgan fingerprint density at radius 2 is 1.79 bits per heavy atom. The summed E-state index contributed by atoms with van der Waals surface area (Å²) < 4.78 is 5.56. The van der Waals surface area contributed by atoms with Crippen LogP contribution in [0.15, 0.2) is 16.5 Å². The lowest BCUT2D eigenvalue weighted by Gasteiger charge is -2.21. The second-order valence-electron chi connectivity index (χ2n) is 4.37. The number of furan rings is 1. The molecular weight excluding hydrogens is 174 g/mol. The highest BCUT2D eigenvalue weighted by Crippen LogP contribution is 2.17. The first kappa shape index (κ1) is 11.3. The zero-order valence-corrected chi connectivity index (χ0v) is 9.79. The molecule has 14 heavy (non-hydrogen) atoms. The van der Waals surface area contributed by atoms with Crippen LogP contribution in [0.5, 0.6) is 0 Å². The Balaban J connectivity index is 2.54. The lowest BCUT2D eigenvalue weighted by Crippen LogP contribution is -2.32. The molecule has 0 spiro atoms. The molecule has 0 aromatic carbocycles. The van der Waals surface area contributed by atoms with E-state index < -0.39 is 0 Å². The molecule has 1 aromatic rings. The van der Waals surface area contributed by atoms with E-state index in [0.29, 0.717) is 18.0 Å². The molecule has 0 saturated carbocycles. The van der Waals surface area contributed by atoms with E-state index in [1.807, 2.05) is 19.1 Å². The van der Waals surface area contributed by atoms with Gasteiger partial charge in [0.1, 0.15) is 11.5 Å². The average Bonchev–Trinajstić information content (AvgIpc) is 2.51. The molecule has 0 radical (unpaired) electrons. The maximum Gasteiger partial charge on any atom is 0.120 e. The Morgan fingerprint density at radius 3 is 2.21 bits per heavy atom. The quantitative estimate of drug-likeness (QED) is 0.797. The van der Waals surface area contributed by atoms with Gasteiger partial charge in [-0.1, -0.05) is 13.8 Å². The van der Waals surface area contributed by atoms with E-state index in [0.717, 1.165) is 11.5 Å². The molecule has 1 N–H and O–H groups in total. The molecule has 2 atom stereocenters. The molecule has 0 bridgehead atoms. The minimum absolute atomic E-state index is 0.293. The Morgan fingerprint density at radius 1 is 1.14 bits per heavy atom. The van der Waals surface area contributed by atoms with Gasteiger partial charge in [0, 0.05) is 6.04 Å². The first-order chi connectivity index (χ1) is 6.50. The molecule has 1 aromatic heterocycles. The van der Waals surface area contributed by atoms with Crippen LogP contribution in [0.4, 0.5) is 0 Å². The highest BCUT2D eigenvalue weighted by Gasteiger charge is 2.14. The van der Waals surface area contributed by atoms with Gasteiger partial charge in [-0.25, -0.2) is 0 Å². The third-order valence-corrected chi connectivity index (χ3v) is 2.70. The van der Waals surface area contributed by atoms with Crippen molar-refractivity contribution in [1.29, 1.82) is 0 Å². The summed E-state index contributed by atoms with van der Waals surface area (Å²) in [4.78, 5) is 0.